The van der Waals surface area contributed by atoms with Gasteiger partial charge in [-0.1, -0.05) is 17.7 Å². The second-order valence-electron chi connectivity index (χ2n) is 3.17. The normalized spacial score (nSPS) is 9.81. The number of rotatable bonds is 1. The molecular formula is C12H6ClFN2. The first-order chi connectivity index (χ1) is 7.70. The van der Waals surface area contributed by atoms with Gasteiger partial charge in [-0.3, -0.25) is 0 Å². The number of hydrogen-bond donors (Lipinski definition) is 0. The Balaban J connectivity index is 2.50. The molecule has 0 fully saturated rings. The van der Waals surface area contributed by atoms with Gasteiger partial charge in [-0.15, -0.1) is 0 Å². The number of halogens is 2. The topological polar surface area (TPSA) is 36.7 Å². The minimum absolute atomic E-state index is 0.0314. The van der Waals surface area contributed by atoms with Crippen molar-refractivity contribution >= 4 is 11.6 Å². The van der Waals surface area contributed by atoms with Crippen molar-refractivity contribution in [2.45, 2.75) is 0 Å². The van der Waals surface area contributed by atoms with E-state index < -0.39 is 5.82 Å². The standard InChI is InChI=1S/C12H6ClFN2/c13-12-6-9(3-4-16-12)8-1-2-10(7-15)11(14)5-8/h1-6H. The highest BCUT2D eigenvalue weighted by molar-refractivity contribution is 6.29. The maximum absolute atomic E-state index is 13.4. The van der Waals surface area contributed by atoms with Crippen molar-refractivity contribution in [3.8, 4) is 17.2 Å². The molecule has 2 rings (SSSR count). The van der Waals surface area contributed by atoms with Gasteiger partial charge >= 0.3 is 0 Å². The zero-order valence-electron chi connectivity index (χ0n) is 8.11. The van der Waals surface area contributed by atoms with E-state index in [9.17, 15) is 4.39 Å². The summed E-state index contributed by atoms with van der Waals surface area (Å²) in [4.78, 5) is 3.84. The van der Waals surface area contributed by atoms with Crippen LogP contribution in [0.25, 0.3) is 11.1 Å². The van der Waals surface area contributed by atoms with Crippen LogP contribution < -0.4 is 0 Å². The molecular weight excluding hydrogens is 227 g/mol. The maximum atomic E-state index is 13.4. The van der Waals surface area contributed by atoms with Crippen LogP contribution in [0.2, 0.25) is 5.15 Å². The van der Waals surface area contributed by atoms with Crippen LogP contribution in [-0.4, -0.2) is 4.98 Å². The third-order valence-corrected chi connectivity index (χ3v) is 2.36. The van der Waals surface area contributed by atoms with E-state index in [-0.39, 0.29) is 5.56 Å². The molecule has 2 nitrogen and oxygen atoms in total. The summed E-state index contributed by atoms with van der Waals surface area (Å²) in [6.45, 7) is 0. The molecule has 1 aromatic carbocycles. The van der Waals surface area contributed by atoms with Gasteiger partial charge in [0.25, 0.3) is 0 Å². The minimum atomic E-state index is -0.534. The molecule has 0 unspecified atom stereocenters. The fourth-order valence-electron chi connectivity index (χ4n) is 1.37. The smallest absolute Gasteiger partial charge is 0.141 e. The quantitative estimate of drug-likeness (QED) is 0.707. The van der Waals surface area contributed by atoms with Crippen molar-refractivity contribution in [2.75, 3.05) is 0 Å². The largest absolute Gasteiger partial charge is 0.245 e. The Morgan fingerprint density at radius 2 is 1.94 bits per heavy atom. The van der Waals surface area contributed by atoms with Crippen LogP contribution in [0.15, 0.2) is 36.5 Å². The van der Waals surface area contributed by atoms with Gasteiger partial charge in [-0.05, 0) is 35.4 Å². The molecule has 1 heterocycles. The van der Waals surface area contributed by atoms with Gasteiger partial charge in [0.15, 0.2) is 0 Å². The van der Waals surface area contributed by atoms with E-state index in [4.69, 9.17) is 16.9 Å². The van der Waals surface area contributed by atoms with Crippen molar-refractivity contribution in [3.63, 3.8) is 0 Å². The molecule has 16 heavy (non-hydrogen) atoms. The highest BCUT2D eigenvalue weighted by Gasteiger charge is 2.04. The highest BCUT2D eigenvalue weighted by atomic mass is 35.5. The summed E-state index contributed by atoms with van der Waals surface area (Å²) in [5.74, 6) is -0.534. The van der Waals surface area contributed by atoms with Gasteiger partial charge in [-0.25, -0.2) is 9.37 Å². The van der Waals surface area contributed by atoms with Crippen LogP contribution in [0.1, 0.15) is 5.56 Å². The lowest BCUT2D eigenvalue weighted by Crippen LogP contribution is -1.86. The van der Waals surface area contributed by atoms with Crippen molar-refractivity contribution in [3.05, 3.63) is 53.1 Å². The number of aromatic nitrogens is 1. The third-order valence-electron chi connectivity index (χ3n) is 2.15. The Kier molecular flexibility index (Phi) is 2.84. The zero-order chi connectivity index (χ0) is 11.5. The van der Waals surface area contributed by atoms with Crippen LogP contribution in [0, 0.1) is 17.1 Å². The van der Waals surface area contributed by atoms with Gasteiger partial charge in [-0.2, -0.15) is 5.26 Å². The van der Waals surface area contributed by atoms with Crippen LogP contribution in [0.3, 0.4) is 0 Å². The second-order valence-corrected chi connectivity index (χ2v) is 3.56. The highest BCUT2D eigenvalue weighted by Crippen LogP contribution is 2.23. The van der Waals surface area contributed by atoms with E-state index >= 15 is 0 Å². The Hall–Kier alpha value is -1.92. The summed E-state index contributed by atoms with van der Waals surface area (Å²) in [6, 6.07) is 9.57. The predicted molar refractivity (Wildman–Crippen MR) is 59.4 cm³/mol. The van der Waals surface area contributed by atoms with Crippen LogP contribution >= 0.6 is 11.6 Å². The van der Waals surface area contributed by atoms with E-state index in [1.807, 2.05) is 0 Å². The second kappa shape index (κ2) is 4.30. The minimum Gasteiger partial charge on any atom is -0.245 e. The predicted octanol–water partition coefficient (Wildman–Crippen LogP) is 3.41. The summed E-state index contributed by atoms with van der Waals surface area (Å²) in [5.41, 5.74) is 1.47. The molecule has 0 spiro atoms. The lowest BCUT2D eigenvalue weighted by atomic mass is 10.1. The zero-order valence-corrected chi connectivity index (χ0v) is 8.87. The molecule has 0 saturated carbocycles. The summed E-state index contributed by atoms with van der Waals surface area (Å²) >= 11 is 5.74. The average molecular weight is 233 g/mol. The van der Waals surface area contributed by atoms with Crippen LogP contribution in [0.4, 0.5) is 4.39 Å². The Labute approximate surface area is 96.9 Å². The molecule has 0 radical (unpaired) electrons. The monoisotopic (exact) mass is 232 g/mol. The lowest BCUT2D eigenvalue weighted by Gasteiger charge is -2.02. The molecule has 0 aliphatic rings. The molecule has 0 N–H and O–H groups in total. The number of nitriles is 1. The van der Waals surface area contributed by atoms with Crippen molar-refractivity contribution < 1.29 is 4.39 Å². The van der Waals surface area contributed by atoms with Gasteiger partial charge in [0.2, 0.25) is 0 Å². The van der Waals surface area contributed by atoms with Gasteiger partial charge in [0, 0.05) is 6.20 Å². The molecule has 0 aliphatic heterocycles. The molecule has 0 aliphatic carbocycles. The Morgan fingerprint density at radius 3 is 2.56 bits per heavy atom. The van der Waals surface area contributed by atoms with Gasteiger partial charge < -0.3 is 0 Å². The molecule has 2 aromatic rings. The van der Waals surface area contributed by atoms with Crippen LogP contribution in [-0.2, 0) is 0 Å². The number of benzene rings is 1. The number of hydrogen-bond acceptors (Lipinski definition) is 2. The summed E-state index contributed by atoms with van der Waals surface area (Å²) in [7, 11) is 0. The molecule has 78 valence electrons. The van der Waals surface area contributed by atoms with E-state index in [1.54, 1.807) is 30.5 Å². The number of pyridine rings is 1. The molecule has 0 saturated heterocycles. The molecule has 0 bridgehead atoms. The van der Waals surface area contributed by atoms with Crippen molar-refractivity contribution in [1.29, 1.82) is 5.26 Å². The SMILES string of the molecule is N#Cc1ccc(-c2ccnc(Cl)c2)cc1F. The first-order valence-electron chi connectivity index (χ1n) is 4.52. The van der Waals surface area contributed by atoms with Crippen LogP contribution in [0.5, 0.6) is 0 Å². The Bertz CT molecular complexity index is 575. The fraction of sp³-hybridized carbons (Fsp3) is 0. The van der Waals surface area contributed by atoms with E-state index in [0.29, 0.717) is 10.7 Å². The van der Waals surface area contributed by atoms with Gasteiger partial charge in [0.1, 0.15) is 17.0 Å². The van der Waals surface area contributed by atoms with E-state index in [1.165, 1.54) is 12.1 Å². The molecule has 0 amide bonds. The summed E-state index contributed by atoms with van der Waals surface area (Å²) in [6.07, 6.45) is 1.55. The maximum Gasteiger partial charge on any atom is 0.141 e. The van der Waals surface area contributed by atoms with Crippen molar-refractivity contribution in [2.24, 2.45) is 0 Å². The fourth-order valence-corrected chi connectivity index (χ4v) is 1.54. The first-order valence-corrected chi connectivity index (χ1v) is 4.90. The molecule has 1 aromatic heterocycles. The van der Waals surface area contributed by atoms with E-state index in [0.717, 1.165) is 5.56 Å². The summed E-state index contributed by atoms with van der Waals surface area (Å²) < 4.78 is 13.4. The van der Waals surface area contributed by atoms with Gasteiger partial charge in [0.05, 0.1) is 5.56 Å². The molecule has 0 atom stereocenters. The Morgan fingerprint density at radius 1 is 1.19 bits per heavy atom. The average Bonchev–Trinajstić information content (AvgIpc) is 2.29. The summed E-state index contributed by atoms with van der Waals surface area (Å²) in [5, 5.41) is 8.95. The van der Waals surface area contributed by atoms with Crippen molar-refractivity contribution in [1.82, 2.24) is 4.98 Å². The first kappa shape index (κ1) is 10.6. The third kappa shape index (κ3) is 2.02. The molecule has 4 heteroatoms. The lowest BCUT2D eigenvalue weighted by molar-refractivity contribution is 0.624. The van der Waals surface area contributed by atoms with E-state index in [2.05, 4.69) is 4.98 Å². The number of nitrogens with zero attached hydrogens (tertiary/aromatic N) is 2.